The van der Waals surface area contributed by atoms with Gasteiger partial charge in [0.1, 0.15) is 5.52 Å². The SMILES string of the molecule is Cc1cc(Br)c2oc(-c3ccncc3)nc2c1. The van der Waals surface area contributed by atoms with Crippen molar-refractivity contribution in [2.45, 2.75) is 6.92 Å². The third-order valence-electron chi connectivity index (χ3n) is 2.52. The minimum absolute atomic E-state index is 0.619. The summed E-state index contributed by atoms with van der Waals surface area (Å²) in [4.78, 5) is 8.46. The standard InChI is InChI=1S/C13H9BrN2O/c1-8-6-10(14)12-11(7-8)16-13(17-12)9-2-4-15-5-3-9/h2-7H,1H3. The zero-order valence-electron chi connectivity index (χ0n) is 9.14. The molecule has 3 nitrogen and oxygen atoms in total. The Kier molecular flexibility index (Phi) is 2.44. The van der Waals surface area contributed by atoms with Crippen LogP contribution in [-0.4, -0.2) is 9.97 Å². The van der Waals surface area contributed by atoms with E-state index in [0.29, 0.717) is 5.89 Å². The second-order valence-electron chi connectivity index (χ2n) is 3.85. The summed E-state index contributed by atoms with van der Waals surface area (Å²) in [6.45, 7) is 2.03. The Morgan fingerprint density at radius 3 is 2.71 bits per heavy atom. The molecule has 0 saturated heterocycles. The van der Waals surface area contributed by atoms with E-state index in [1.807, 2.05) is 31.2 Å². The molecule has 0 aliphatic heterocycles. The van der Waals surface area contributed by atoms with E-state index in [9.17, 15) is 0 Å². The second kappa shape index (κ2) is 3.96. The topological polar surface area (TPSA) is 38.9 Å². The Labute approximate surface area is 107 Å². The van der Waals surface area contributed by atoms with E-state index in [-0.39, 0.29) is 0 Å². The quantitative estimate of drug-likeness (QED) is 0.680. The summed E-state index contributed by atoms with van der Waals surface area (Å²) in [5.74, 6) is 0.619. The zero-order chi connectivity index (χ0) is 11.8. The van der Waals surface area contributed by atoms with Crippen molar-refractivity contribution in [1.29, 1.82) is 0 Å². The highest BCUT2D eigenvalue weighted by molar-refractivity contribution is 9.10. The van der Waals surface area contributed by atoms with Gasteiger partial charge in [-0.15, -0.1) is 0 Å². The van der Waals surface area contributed by atoms with Crippen LogP contribution in [0.25, 0.3) is 22.6 Å². The third-order valence-corrected chi connectivity index (χ3v) is 3.11. The highest BCUT2D eigenvalue weighted by Crippen LogP contribution is 2.30. The second-order valence-corrected chi connectivity index (χ2v) is 4.70. The fraction of sp³-hybridized carbons (Fsp3) is 0.0769. The van der Waals surface area contributed by atoms with Crippen LogP contribution in [0.3, 0.4) is 0 Å². The molecule has 0 unspecified atom stereocenters. The van der Waals surface area contributed by atoms with Crippen molar-refractivity contribution in [2.75, 3.05) is 0 Å². The molecule has 3 rings (SSSR count). The number of aryl methyl sites for hydroxylation is 1. The van der Waals surface area contributed by atoms with E-state index < -0.39 is 0 Å². The minimum atomic E-state index is 0.619. The fourth-order valence-corrected chi connectivity index (χ4v) is 2.39. The maximum atomic E-state index is 5.75. The molecule has 17 heavy (non-hydrogen) atoms. The summed E-state index contributed by atoms with van der Waals surface area (Å²) in [6.07, 6.45) is 3.45. The third kappa shape index (κ3) is 1.85. The summed E-state index contributed by atoms with van der Waals surface area (Å²) >= 11 is 3.49. The van der Waals surface area contributed by atoms with Crippen LogP contribution in [0, 0.1) is 6.92 Å². The predicted molar refractivity (Wildman–Crippen MR) is 69.7 cm³/mol. The van der Waals surface area contributed by atoms with Crippen LogP contribution in [0.2, 0.25) is 0 Å². The molecule has 0 amide bonds. The van der Waals surface area contributed by atoms with Crippen molar-refractivity contribution < 1.29 is 4.42 Å². The maximum absolute atomic E-state index is 5.75. The van der Waals surface area contributed by atoms with Gasteiger partial charge in [-0.3, -0.25) is 4.98 Å². The number of rotatable bonds is 1. The maximum Gasteiger partial charge on any atom is 0.227 e. The Morgan fingerprint density at radius 2 is 1.94 bits per heavy atom. The molecule has 2 aromatic heterocycles. The number of benzene rings is 1. The first-order valence-corrected chi connectivity index (χ1v) is 6.00. The molecule has 3 aromatic rings. The van der Waals surface area contributed by atoms with Crippen LogP contribution >= 0.6 is 15.9 Å². The van der Waals surface area contributed by atoms with Crippen LogP contribution in [0.1, 0.15) is 5.56 Å². The minimum Gasteiger partial charge on any atom is -0.435 e. The lowest BCUT2D eigenvalue weighted by atomic mass is 10.2. The summed E-state index contributed by atoms with van der Waals surface area (Å²) in [5, 5.41) is 0. The molecule has 0 saturated carbocycles. The van der Waals surface area contributed by atoms with Crippen LogP contribution in [0.5, 0.6) is 0 Å². The number of aromatic nitrogens is 2. The van der Waals surface area contributed by atoms with Gasteiger partial charge < -0.3 is 4.42 Å². The smallest absolute Gasteiger partial charge is 0.227 e. The van der Waals surface area contributed by atoms with Gasteiger partial charge in [0.2, 0.25) is 5.89 Å². The van der Waals surface area contributed by atoms with Crippen molar-refractivity contribution >= 4 is 27.0 Å². The molecule has 0 radical (unpaired) electrons. The molecule has 0 N–H and O–H groups in total. The molecular weight excluding hydrogens is 280 g/mol. The van der Waals surface area contributed by atoms with Crippen LogP contribution in [0.15, 0.2) is 45.5 Å². The molecule has 0 spiro atoms. The van der Waals surface area contributed by atoms with Crippen molar-refractivity contribution in [3.05, 3.63) is 46.7 Å². The first-order chi connectivity index (χ1) is 8.24. The van der Waals surface area contributed by atoms with E-state index in [1.165, 1.54) is 0 Å². The average Bonchev–Trinajstić information content (AvgIpc) is 2.74. The van der Waals surface area contributed by atoms with Crippen LogP contribution in [-0.2, 0) is 0 Å². The molecule has 0 atom stereocenters. The van der Waals surface area contributed by atoms with E-state index in [0.717, 1.165) is 26.7 Å². The lowest BCUT2D eigenvalue weighted by Gasteiger charge is -1.93. The van der Waals surface area contributed by atoms with Gasteiger partial charge >= 0.3 is 0 Å². The number of fused-ring (bicyclic) bond motifs is 1. The van der Waals surface area contributed by atoms with Crippen molar-refractivity contribution in [3.8, 4) is 11.5 Å². The largest absolute Gasteiger partial charge is 0.435 e. The molecule has 0 aliphatic carbocycles. The molecule has 84 valence electrons. The number of hydrogen-bond acceptors (Lipinski definition) is 3. The van der Waals surface area contributed by atoms with Gasteiger partial charge in [-0.05, 0) is 52.7 Å². The van der Waals surface area contributed by atoms with Gasteiger partial charge in [-0.2, -0.15) is 0 Å². The molecule has 2 heterocycles. The van der Waals surface area contributed by atoms with Gasteiger partial charge in [-0.25, -0.2) is 4.98 Å². The van der Waals surface area contributed by atoms with Gasteiger partial charge in [-0.1, -0.05) is 0 Å². The zero-order valence-corrected chi connectivity index (χ0v) is 10.7. The molecule has 4 heteroatoms. The number of nitrogens with zero attached hydrogens (tertiary/aromatic N) is 2. The van der Waals surface area contributed by atoms with E-state index >= 15 is 0 Å². The molecule has 0 aliphatic rings. The normalized spacial score (nSPS) is 10.9. The number of pyridine rings is 1. The summed E-state index contributed by atoms with van der Waals surface area (Å²) in [7, 11) is 0. The summed E-state index contributed by atoms with van der Waals surface area (Å²) in [5.41, 5.74) is 3.73. The monoisotopic (exact) mass is 288 g/mol. The molecule has 1 aromatic carbocycles. The van der Waals surface area contributed by atoms with Crippen molar-refractivity contribution in [3.63, 3.8) is 0 Å². The van der Waals surface area contributed by atoms with Crippen molar-refractivity contribution in [1.82, 2.24) is 9.97 Å². The van der Waals surface area contributed by atoms with Gasteiger partial charge in [0, 0.05) is 18.0 Å². The van der Waals surface area contributed by atoms with Crippen LogP contribution in [0.4, 0.5) is 0 Å². The Morgan fingerprint density at radius 1 is 1.18 bits per heavy atom. The average molecular weight is 289 g/mol. The lowest BCUT2D eigenvalue weighted by Crippen LogP contribution is -1.77. The molecular formula is C13H9BrN2O. The molecule has 0 fully saturated rings. The first-order valence-electron chi connectivity index (χ1n) is 5.21. The Hall–Kier alpha value is -1.68. The first kappa shape index (κ1) is 10.5. The fourth-order valence-electron chi connectivity index (χ4n) is 1.74. The highest BCUT2D eigenvalue weighted by atomic mass is 79.9. The highest BCUT2D eigenvalue weighted by Gasteiger charge is 2.10. The number of halogens is 1. The Bertz CT molecular complexity index is 676. The van der Waals surface area contributed by atoms with Gasteiger partial charge in [0.05, 0.1) is 4.47 Å². The van der Waals surface area contributed by atoms with E-state index in [2.05, 4.69) is 25.9 Å². The predicted octanol–water partition coefficient (Wildman–Crippen LogP) is 3.96. The van der Waals surface area contributed by atoms with Crippen LogP contribution < -0.4 is 0 Å². The number of hydrogen-bond donors (Lipinski definition) is 0. The lowest BCUT2D eigenvalue weighted by molar-refractivity contribution is 0.618. The van der Waals surface area contributed by atoms with Gasteiger partial charge in [0.15, 0.2) is 5.58 Å². The van der Waals surface area contributed by atoms with Gasteiger partial charge in [0.25, 0.3) is 0 Å². The number of oxazole rings is 1. The molecule has 0 bridgehead atoms. The van der Waals surface area contributed by atoms with E-state index in [1.54, 1.807) is 12.4 Å². The Balaban J connectivity index is 2.24. The van der Waals surface area contributed by atoms with Crippen molar-refractivity contribution in [2.24, 2.45) is 0 Å². The van der Waals surface area contributed by atoms with E-state index in [4.69, 9.17) is 4.42 Å². The summed E-state index contributed by atoms with van der Waals surface area (Å²) < 4.78 is 6.68. The summed E-state index contributed by atoms with van der Waals surface area (Å²) in [6, 6.07) is 7.79.